The second kappa shape index (κ2) is 13.5. The monoisotopic (exact) mass is 606 g/mol. The molecule has 2 aliphatic rings. The Labute approximate surface area is 234 Å². The third-order valence-electron chi connectivity index (χ3n) is 6.40. The molecule has 6 unspecified atom stereocenters. The van der Waals surface area contributed by atoms with Crippen LogP contribution in [0.25, 0.3) is 0 Å². The minimum Gasteiger partial charge on any atom is -0.465 e. The van der Waals surface area contributed by atoms with Crippen LogP contribution in [0.1, 0.15) is 29.1 Å². The number of methoxy groups -OCH3 is 1. The van der Waals surface area contributed by atoms with E-state index in [0.717, 1.165) is 10.0 Å². The second-order valence-corrected chi connectivity index (χ2v) is 9.87. The lowest BCUT2D eigenvalue weighted by atomic mass is 9.93. The van der Waals surface area contributed by atoms with Crippen molar-refractivity contribution < 1.29 is 43.2 Å². The predicted molar refractivity (Wildman–Crippen MR) is 140 cm³/mol. The van der Waals surface area contributed by atoms with E-state index in [1.165, 1.54) is 12.0 Å². The van der Waals surface area contributed by atoms with Gasteiger partial charge in [0.2, 0.25) is 5.91 Å². The Bertz CT molecular complexity index is 1130. The van der Waals surface area contributed by atoms with Crippen molar-refractivity contribution in [1.29, 1.82) is 0 Å². The van der Waals surface area contributed by atoms with E-state index in [1.807, 2.05) is 30.3 Å². The minimum absolute atomic E-state index is 0.120. The summed E-state index contributed by atoms with van der Waals surface area (Å²) in [6.07, 6.45) is -4.72. The highest BCUT2D eigenvalue weighted by atomic mass is 79.9. The first-order chi connectivity index (χ1) is 18.8. The first-order valence-corrected chi connectivity index (χ1v) is 13.3. The summed E-state index contributed by atoms with van der Waals surface area (Å²) in [5, 5.41) is 14.0. The van der Waals surface area contributed by atoms with Crippen molar-refractivity contribution >= 4 is 33.7 Å². The molecule has 2 aliphatic heterocycles. The van der Waals surface area contributed by atoms with E-state index in [-0.39, 0.29) is 25.3 Å². The van der Waals surface area contributed by atoms with E-state index >= 15 is 0 Å². The quantitative estimate of drug-likeness (QED) is 0.410. The van der Waals surface area contributed by atoms with E-state index in [9.17, 15) is 19.5 Å². The van der Waals surface area contributed by atoms with Crippen LogP contribution in [0.5, 0.6) is 0 Å². The number of benzene rings is 2. The average molecular weight is 607 g/mol. The van der Waals surface area contributed by atoms with Crippen LogP contribution < -0.4 is 5.32 Å². The minimum atomic E-state index is -1.30. The van der Waals surface area contributed by atoms with Gasteiger partial charge in [0.25, 0.3) is 5.91 Å². The fourth-order valence-electron chi connectivity index (χ4n) is 4.55. The number of aliphatic hydroxyl groups excluding tert-OH is 1. The molecule has 6 atom stereocenters. The van der Waals surface area contributed by atoms with Crippen molar-refractivity contribution in [1.82, 2.24) is 10.2 Å². The van der Waals surface area contributed by atoms with Gasteiger partial charge in [0.1, 0.15) is 37.4 Å². The normalized spacial score (nSPS) is 26.3. The number of carbonyl (C=O) groups excluding carboxylic acids is 3. The number of carbonyl (C=O) groups is 3. The largest absolute Gasteiger partial charge is 0.465 e. The molecule has 0 bridgehead atoms. The molecule has 2 heterocycles. The first-order valence-electron chi connectivity index (χ1n) is 12.5. The molecule has 0 spiro atoms. The molecule has 2 amide bonds. The number of aliphatic hydroxyl groups is 1. The fraction of sp³-hybridized carbons (Fsp3) is 0.444. The van der Waals surface area contributed by atoms with Crippen LogP contribution >= 0.6 is 15.9 Å². The van der Waals surface area contributed by atoms with Gasteiger partial charge in [0.15, 0.2) is 12.6 Å². The summed E-state index contributed by atoms with van der Waals surface area (Å²) < 4.78 is 29.2. The molecule has 4 rings (SSSR count). The highest BCUT2D eigenvalue weighted by Gasteiger charge is 2.52. The smallest absolute Gasteiger partial charge is 0.325 e. The number of nitrogens with one attached hydrogen (secondary N) is 1. The Kier molecular flexibility index (Phi) is 10.1. The zero-order valence-corrected chi connectivity index (χ0v) is 23.1. The summed E-state index contributed by atoms with van der Waals surface area (Å²) >= 11 is 3.35. The molecule has 2 aromatic rings. The van der Waals surface area contributed by atoms with E-state index in [4.69, 9.17) is 23.7 Å². The van der Waals surface area contributed by atoms with Crippen LogP contribution in [0.3, 0.4) is 0 Å². The van der Waals surface area contributed by atoms with Crippen molar-refractivity contribution in [2.45, 2.75) is 43.9 Å². The van der Waals surface area contributed by atoms with Gasteiger partial charge in [0.05, 0.1) is 13.2 Å². The number of esters is 1. The highest BCUT2D eigenvalue weighted by molar-refractivity contribution is 9.10. The first kappa shape index (κ1) is 29.1. The topological polar surface area (TPSA) is 133 Å². The zero-order valence-electron chi connectivity index (χ0n) is 21.5. The van der Waals surface area contributed by atoms with Gasteiger partial charge in [-0.1, -0.05) is 46.3 Å². The molecule has 2 N–H and O–H groups in total. The van der Waals surface area contributed by atoms with Gasteiger partial charge in [-0.25, -0.2) is 0 Å². The van der Waals surface area contributed by atoms with Gasteiger partial charge >= 0.3 is 5.97 Å². The third kappa shape index (κ3) is 7.02. The molecule has 0 aromatic heterocycles. The fourth-order valence-corrected chi connectivity index (χ4v) is 4.81. The van der Waals surface area contributed by atoms with Gasteiger partial charge in [-0.15, -0.1) is 0 Å². The van der Waals surface area contributed by atoms with Crippen LogP contribution in [0.4, 0.5) is 0 Å². The third-order valence-corrected chi connectivity index (χ3v) is 6.93. The maximum absolute atomic E-state index is 13.7. The lowest BCUT2D eigenvalue weighted by molar-refractivity contribution is -0.347. The molecule has 0 radical (unpaired) electrons. The van der Waals surface area contributed by atoms with Gasteiger partial charge in [-0.05, 0) is 31.2 Å². The Morgan fingerprint density at radius 1 is 1.10 bits per heavy atom. The summed E-state index contributed by atoms with van der Waals surface area (Å²) in [6, 6.07) is 14.7. The number of halogens is 1. The standard InChI is InChI=1S/C27H31BrN2O9/c1-3-36-21(32)13-29-20(31)14-30(25(34)16-9-11-18(28)12-10-16)22-23(33)24-19(38-27(22)35-2)15-37-26(39-24)17-7-5-4-6-8-17/h4-12,19,22-24,26-27,33H,3,13-15H2,1-2H3,(H,29,31). The molecule has 0 aliphatic carbocycles. The van der Waals surface area contributed by atoms with E-state index in [1.54, 1.807) is 31.2 Å². The summed E-state index contributed by atoms with van der Waals surface area (Å²) in [7, 11) is 1.38. The van der Waals surface area contributed by atoms with Gasteiger partial charge in [0, 0.05) is 22.7 Å². The molecule has 39 heavy (non-hydrogen) atoms. The van der Waals surface area contributed by atoms with Crippen molar-refractivity contribution in [2.75, 3.05) is 33.4 Å². The SMILES string of the molecule is CCOC(=O)CNC(=O)CN(C(=O)c1ccc(Br)cc1)C1C(OC)OC2COC(c3ccccc3)OC2C1O. The molecule has 0 saturated carbocycles. The molecule has 2 fully saturated rings. The Hall–Kier alpha value is -2.87. The van der Waals surface area contributed by atoms with E-state index < -0.39 is 61.3 Å². The Morgan fingerprint density at radius 2 is 1.82 bits per heavy atom. The Morgan fingerprint density at radius 3 is 2.49 bits per heavy atom. The van der Waals surface area contributed by atoms with Crippen molar-refractivity contribution in [3.63, 3.8) is 0 Å². The van der Waals surface area contributed by atoms with Crippen LogP contribution in [0.2, 0.25) is 0 Å². The van der Waals surface area contributed by atoms with Crippen LogP contribution in [0, 0.1) is 0 Å². The molecule has 210 valence electrons. The molecule has 12 heteroatoms. The average Bonchev–Trinajstić information content (AvgIpc) is 2.95. The van der Waals surface area contributed by atoms with Gasteiger partial charge in [-0.2, -0.15) is 0 Å². The highest BCUT2D eigenvalue weighted by Crippen LogP contribution is 2.36. The lowest BCUT2D eigenvalue weighted by Crippen LogP contribution is -2.68. The number of nitrogens with zero attached hydrogens (tertiary/aromatic N) is 1. The van der Waals surface area contributed by atoms with Crippen LogP contribution in [-0.4, -0.2) is 91.8 Å². The number of hydrogen-bond acceptors (Lipinski definition) is 9. The van der Waals surface area contributed by atoms with Crippen LogP contribution in [0.15, 0.2) is 59.1 Å². The molecule has 11 nitrogen and oxygen atoms in total. The van der Waals surface area contributed by atoms with Gasteiger partial charge < -0.3 is 39.0 Å². The van der Waals surface area contributed by atoms with Crippen LogP contribution in [-0.2, 0) is 33.3 Å². The summed E-state index contributed by atoms with van der Waals surface area (Å²) in [5.41, 5.74) is 1.03. The van der Waals surface area contributed by atoms with E-state index in [2.05, 4.69) is 21.2 Å². The number of amides is 2. The number of rotatable bonds is 9. The number of fused-ring (bicyclic) bond motifs is 1. The second-order valence-electron chi connectivity index (χ2n) is 8.96. The molecular formula is C27H31BrN2O9. The van der Waals surface area contributed by atoms with E-state index in [0.29, 0.717) is 0 Å². The zero-order chi connectivity index (χ0) is 27.9. The molecular weight excluding hydrogens is 576 g/mol. The molecule has 2 saturated heterocycles. The summed E-state index contributed by atoms with van der Waals surface area (Å²) in [6.45, 7) is 1.08. The maximum Gasteiger partial charge on any atom is 0.325 e. The number of ether oxygens (including phenoxy) is 5. The van der Waals surface area contributed by atoms with Crippen molar-refractivity contribution in [3.8, 4) is 0 Å². The lowest BCUT2D eigenvalue weighted by Gasteiger charge is -2.50. The Balaban J connectivity index is 1.60. The summed E-state index contributed by atoms with van der Waals surface area (Å²) in [5.74, 6) is -1.79. The van der Waals surface area contributed by atoms with Crippen molar-refractivity contribution in [3.05, 3.63) is 70.2 Å². The maximum atomic E-state index is 13.7. The number of hydrogen-bond donors (Lipinski definition) is 2. The van der Waals surface area contributed by atoms with Crippen molar-refractivity contribution in [2.24, 2.45) is 0 Å². The van der Waals surface area contributed by atoms with Gasteiger partial charge in [-0.3, -0.25) is 14.4 Å². The summed E-state index contributed by atoms with van der Waals surface area (Å²) in [4.78, 5) is 39.5. The molecule has 2 aromatic carbocycles. The predicted octanol–water partition coefficient (Wildman–Crippen LogP) is 1.79.